The fourth-order valence-electron chi connectivity index (χ4n) is 2.13. The van der Waals surface area contributed by atoms with Crippen LogP contribution in [0.4, 0.5) is 4.79 Å². The number of urea groups is 1. The minimum Gasteiger partial charge on any atom is -0.480 e. The summed E-state index contributed by atoms with van der Waals surface area (Å²) in [4.78, 5) is 35.7. The SMILES string of the molecule is CC[C@@H](NC(=O)N1CCC(C(=O)NC)CC1)C(=O)O. The van der Waals surface area contributed by atoms with Gasteiger partial charge in [0.05, 0.1) is 0 Å². The molecule has 0 aromatic rings. The first-order chi connectivity index (χ1) is 8.99. The highest BCUT2D eigenvalue weighted by molar-refractivity contribution is 5.83. The number of carbonyl (C=O) groups is 3. The van der Waals surface area contributed by atoms with Gasteiger partial charge in [-0.15, -0.1) is 0 Å². The molecular formula is C12H21N3O4. The van der Waals surface area contributed by atoms with Crippen molar-refractivity contribution in [2.45, 2.75) is 32.2 Å². The van der Waals surface area contributed by atoms with Gasteiger partial charge in [-0.1, -0.05) is 6.92 Å². The second-order valence-corrected chi connectivity index (χ2v) is 4.62. The Labute approximate surface area is 112 Å². The molecule has 1 aliphatic rings. The summed E-state index contributed by atoms with van der Waals surface area (Å²) in [5, 5.41) is 14.0. The number of piperidine rings is 1. The van der Waals surface area contributed by atoms with E-state index < -0.39 is 12.0 Å². The second-order valence-electron chi connectivity index (χ2n) is 4.62. The average molecular weight is 271 g/mol. The van der Waals surface area contributed by atoms with Crippen molar-refractivity contribution in [1.29, 1.82) is 0 Å². The summed E-state index contributed by atoms with van der Waals surface area (Å²) in [6.07, 6.45) is 1.56. The van der Waals surface area contributed by atoms with Gasteiger partial charge in [-0.05, 0) is 19.3 Å². The first-order valence-electron chi connectivity index (χ1n) is 6.49. The number of carboxylic acid groups (broad SMARTS) is 1. The van der Waals surface area contributed by atoms with Crippen molar-refractivity contribution >= 4 is 17.9 Å². The minimum atomic E-state index is -1.03. The van der Waals surface area contributed by atoms with Gasteiger partial charge >= 0.3 is 12.0 Å². The fraction of sp³-hybridized carbons (Fsp3) is 0.750. The van der Waals surface area contributed by atoms with Crippen LogP contribution in [0.15, 0.2) is 0 Å². The zero-order valence-corrected chi connectivity index (χ0v) is 11.3. The summed E-state index contributed by atoms with van der Waals surface area (Å²) in [6, 6.07) is -1.23. The number of carbonyl (C=O) groups excluding carboxylic acids is 2. The molecule has 19 heavy (non-hydrogen) atoms. The molecule has 0 spiro atoms. The monoisotopic (exact) mass is 271 g/mol. The number of likely N-dealkylation sites (tertiary alicyclic amines) is 1. The van der Waals surface area contributed by atoms with Gasteiger partial charge in [-0.3, -0.25) is 4.79 Å². The summed E-state index contributed by atoms with van der Waals surface area (Å²) < 4.78 is 0. The predicted molar refractivity (Wildman–Crippen MR) is 68.6 cm³/mol. The molecule has 0 unspecified atom stereocenters. The lowest BCUT2D eigenvalue weighted by Gasteiger charge is -2.31. The molecular weight excluding hydrogens is 250 g/mol. The standard InChI is InChI=1S/C12H21N3O4/c1-3-9(11(17)18)14-12(19)15-6-4-8(5-7-15)10(16)13-2/h8-9H,3-7H2,1-2H3,(H,13,16)(H,14,19)(H,17,18)/t9-/m1/s1. The number of aliphatic carboxylic acids is 1. The van der Waals surface area contributed by atoms with E-state index in [4.69, 9.17) is 5.11 Å². The molecule has 3 amide bonds. The third-order valence-electron chi connectivity index (χ3n) is 3.40. The first kappa shape index (κ1) is 15.3. The number of carboxylic acids is 1. The van der Waals surface area contributed by atoms with Crippen LogP contribution in [0.3, 0.4) is 0 Å². The smallest absolute Gasteiger partial charge is 0.326 e. The molecule has 1 heterocycles. The minimum absolute atomic E-state index is 0.00275. The van der Waals surface area contributed by atoms with E-state index in [-0.39, 0.29) is 17.9 Å². The van der Waals surface area contributed by atoms with Gasteiger partial charge in [0, 0.05) is 26.1 Å². The molecule has 0 bridgehead atoms. The molecule has 1 atom stereocenters. The largest absolute Gasteiger partial charge is 0.480 e. The average Bonchev–Trinajstić information content (AvgIpc) is 2.43. The van der Waals surface area contributed by atoms with Crippen LogP contribution in [-0.2, 0) is 9.59 Å². The number of rotatable bonds is 4. The van der Waals surface area contributed by atoms with Crippen molar-refractivity contribution in [3.63, 3.8) is 0 Å². The quantitative estimate of drug-likeness (QED) is 0.671. The van der Waals surface area contributed by atoms with Crippen molar-refractivity contribution in [1.82, 2.24) is 15.5 Å². The molecule has 1 saturated heterocycles. The molecule has 108 valence electrons. The lowest BCUT2D eigenvalue weighted by atomic mass is 9.96. The summed E-state index contributed by atoms with van der Waals surface area (Å²) in [7, 11) is 1.60. The maximum absolute atomic E-state index is 11.9. The van der Waals surface area contributed by atoms with Gasteiger partial charge in [0.1, 0.15) is 6.04 Å². The number of hydrogen-bond donors (Lipinski definition) is 3. The highest BCUT2D eigenvalue weighted by Gasteiger charge is 2.28. The van der Waals surface area contributed by atoms with Gasteiger partial charge in [0.25, 0.3) is 0 Å². The third-order valence-corrected chi connectivity index (χ3v) is 3.40. The lowest BCUT2D eigenvalue weighted by molar-refractivity contribution is -0.139. The molecule has 3 N–H and O–H groups in total. The Morgan fingerprint density at radius 1 is 1.32 bits per heavy atom. The van der Waals surface area contributed by atoms with Crippen LogP contribution >= 0.6 is 0 Å². The molecule has 7 nitrogen and oxygen atoms in total. The Hall–Kier alpha value is -1.79. The maximum atomic E-state index is 11.9. The van der Waals surface area contributed by atoms with E-state index in [1.165, 1.54) is 0 Å². The zero-order valence-electron chi connectivity index (χ0n) is 11.3. The topological polar surface area (TPSA) is 98.7 Å². The van der Waals surface area contributed by atoms with Crippen LogP contribution in [0.5, 0.6) is 0 Å². The normalized spacial score (nSPS) is 17.7. The highest BCUT2D eigenvalue weighted by Crippen LogP contribution is 2.17. The van der Waals surface area contributed by atoms with Gasteiger partial charge < -0.3 is 20.6 Å². The molecule has 0 saturated carbocycles. The third kappa shape index (κ3) is 4.11. The second kappa shape index (κ2) is 6.96. The van der Waals surface area contributed by atoms with Crippen LogP contribution < -0.4 is 10.6 Å². The van der Waals surface area contributed by atoms with Crippen LogP contribution in [0.2, 0.25) is 0 Å². The molecule has 7 heteroatoms. The molecule has 0 aromatic carbocycles. The highest BCUT2D eigenvalue weighted by atomic mass is 16.4. The van der Waals surface area contributed by atoms with Crippen LogP contribution in [0.1, 0.15) is 26.2 Å². The Morgan fingerprint density at radius 2 is 1.89 bits per heavy atom. The fourth-order valence-corrected chi connectivity index (χ4v) is 2.13. The number of hydrogen-bond acceptors (Lipinski definition) is 3. The van der Waals surface area contributed by atoms with Gasteiger partial charge in [-0.25, -0.2) is 9.59 Å². The summed E-state index contributed by atoms with van der Waals surface area (Å²) in [5.74, 6) is -1.09. The Bertz CT molecular complexity index is 351. The summed E-state index contributed by atoms with van der Waals surface area (Å²) in [6.45, 7) is 2.65. The summed E-state index contributed by atoms with van der Waals surface area (Å²) in [5.41, 5.74) is 0. The van der Waals surface area contributed by atoms with Gasteiger partial charge in [0.15, 0.2) is 0 Å². The Kier molecular flexibility index (Phi) is 5.59. The van der Waals surface area contributed by atoms with Crippen molar-refractivity contribution < 1.29 is 19.5 Å². The zero-order chi connectivity index (χ0) is 14.4. The molecule has 0 aromatic heterocycles. The summed E-state index contributed by atoms with van der Waals surface area (Å²) >= 11 is 0. The number of amides is 3. The number of nitrogens with zero attached hydrogens (tertiary/aromatic N) is 1. The van der Waals surface area contributed by atoms with Crippen molar-refractivity contribution in [3.8, 4) is 0 Å². The van der Waals surface area contributed by atoms with Crippen LogP contribution in [0.25, 0.3) is 0 Å². The van der Waals surface area contributed by atoms with Crippen LogP contribution in [-0.4, -0.2) is 54.1 Å². The molecule has 0 radical (unpaired) electrons. The van der Waals surface area contributed by atoms with Crippen molar-refractivity contribution in [2.75, 3.05) is 20.1 Å². The van der Waals surface area contributed by atoms with Gasteiger partial charge in [0.2, 0.25) is 5.91 Å². The molecule has 1 aliphatic heterocycles. The van der Waals surface area contributed by atoms with E-state index >= 15 is 0 Å². The maximum Gasteiger partial charge on any atom is 0.326 e. The number of nitrogens with one attached hydrogen (secondary N) is 2. The Balaban J connectivity index is 2.44. The molecule has 1 fully saturated rings. The van der Waals surface area contributed by atoms with E-state index in [0.29, 0.717) is 32.4 Å². The van der Waals surface area contributed by atoms with Crippen molar-refractivity contribution in [2.24, 2.45) is 5.92 Å². The van der Waals surface area contributed by atoms with Gasteiger partial charge in [-0.2, -0.15) is 0 Å². The predicted octanol–water partition coefficient (Wildman–Crippen LogP) is 0.0172. The van der Waals surface area contributed by atoms with Crippen molar-refractivity contribution in [3.05, 3.63) is 0 Å². The van der Waals surface area contributed by atoms with E-state index in [0.717, 1.165) is 0 Å². The Morgan fingerprint density at radius 3 is 2.32 bits per heavy atom. The van der Waals surface area contributed by atoms with E-state index in [9.17, 15) is 14.4 Å². The van der Waals surface area contributed by atoms with E-state index in [1.54, 1.807) is 18.9 Å². The molecule has 0 aliphatic carbocycles. The lowest BCUT2D eigenvalue weighted by Crippen LogP contribution is -2.51. The van der Waals surface area contributed by atoms with E-state index in [2.05, 4.69) is 10.6 Å². The molecule has 1 rings (SSSR count). The first-order valence-corrected chi connectivity index (χ1v) is 6.49. The van der Waals surface area contributed by atoms with Crippen LogP contribution in [0, 0.1) is 5.92 Å². The van der Waals surface area contributed by atoms with E-state index in [1.807, 2.05) is 0 Å².